The molecule has 0 saturated heterocycles. The Balaban J connectivity index is 1.80. The van der Waals surface area contributed by atoms with Crippen LogP contribution in [0, 0.1) is 0 Å². The molecule has 1 unspecified atom stereocenters. The zero-order valence-electron chi connectivity index (χ0n) is 14.6. The summed E-state index contributed by atoms with van der Waals surface area (Å²) in [4.78, 5) is 4.36. The van der Waals surface area contributed by atoms with Gasteiger partial charge in [-0.2, -0.15) is 5.10 Å². The molecule has 1 aliphatic rings. The van der Waals surface area contributed by atoms with Crippen molar-refractivity contribution in [1.82, 2.24) is 19.5 Å². The van der Waals surface area contributed by atoms with E-state index in [4.69, 9.17) is 4.74 Å². The minimum Gasteiger partial charge on any atom is -0.375 e. The summed E-state index contributed by atoms with van der Waals surface area (Å²) in [6.45, 7) is 2.35. The number of aromatic nitrogens is 3. The zero-order chi connectivity index (χ0) is 18.3. The minimum atomic E-state index is -3.34. The smallest absolute Gasteiger partial charge is 0.211 e. The minimum absolute atomic E-state index is 0.0309. The fraction of sp³-hybridized carbons (Fsp3) is 0.333. The lowest BCUT2D eigenvalue weighted by molar-refractivity contribution is 0.0884. The summed E-state index contributed by atoms with van der Waals surface area (Å²) in [5, 5.41) is 5.35. The number of nitrogens with zero attached hydrogens (tertiary/aromatic N) is 3. The van der Waals surface area contributed by atoms with Crippen LogP contribution in [-0.2, 0) is 28.4 Å². The van der Waals surface area contributed by atoms with Gasteiger partial charge in [-0.1, -0.05) is 12.1 Å². The van der Waals surface area contributed by atoms with E-state index < -0.39 is 16.1 Å². The molecule has 0 spiro atoms. The molecule has 1 atom stereocenters. The molecular weight excluding hydrogens is 352 g/mol. The molecule has 4 rings (SSSR count). The Kier molecular flexibility index (Phi) is 4.26. The highest BCUT2D eigenvalue weighted by Gasteiger charge is 2.27. The van der Waals surface area contributed by atoms with Gasteiger partial charge in [0.15, 0.2) is 0 Å². The Bertz CT molecular complexity index is 1080. The van der Waals surface area contributed by atoms with E-state index in [1.807, 2.05) is 30.1 Å². The first-order valence-corrected chi connectivity index (χ1v) is 10.1. The molecule has 0 radical (unpaired) electrons. The molecule has 26 heavy (non-hydrogen) atoms. The van der Waals surface area contributed by atoms with E-state index in [1.54, 1.807) is 19.3 Å². The highest BCUT2D eigenvalue weighted by molar-refractivity contribution is 7.89. The summed E-state index contributed by atoms with van der Waals surface area (Å²) in [6, 6.07) is 5.70. The predicted octanol–water partition coefficient (Wildman–Crippen LogP) is 2.15. The lowest BCUT2D eigenvalue weighted by Crippen LogP contribution is -2.35. The number of sulfonamides is 1. The maximum atomic E-state index is 12.0. The second kappa shape index (κ2) is 6.46. The fourth-order valence-corrected chi connectivity index (χ4v) is 4.09. The van der Waals surface area contributed by atoms with Crippen molar-refractivity contribution in [1.29, 1.82) is 0 Å². The first kappa shape index (κ1) is 17.1. The molecule has 1 aromatic carbocycles. The van der Waals surface area contributed by atoms with E-state index in [1.165, 1.54) is 0 Å². The van der Waals surface area contributed by atoms with Crippen LogP contribution in [0.4, 0.5) is 0 Å². The maximum absolute atomic E-state index is 12.0. The molecule has 136 valence electrons. The van der Waals surface area contributed by atoms with Crippen molar-refractivity contribution >= 4 is 20.9 Å². The Morgan fingerprint density at radius 1 is 1.31 bits per heavy atom. The van der Waals surface area contributed by atoms with Crippen molar-refractivity contribution in [2.75, 3.05) is 12.4 Å². The van der Waals surface area contributed by atoms with E-state index in [0.717, 1.165) is 33.2 Å². The molecule has 1 N–H and O–H groups in total. The van der Waals surface area contributed by atoms with Crippen LogP contribution >= 0.6 is 0 Å². The fourth-order valence-electron chi connectivity index (χ4n) is 3.29. The topological polar surface area (TPSA) is 86.1 Å². The molecule has 8 heteroatoms. The van der Waals surface area contributed by atoms with Gasteiger partial charge in [-0.15, -0.1) is 0 Å². The monoisotopic (exact) mass is 372 g/mol. The molecule has 1 aliphatic heterocycles. The molecule has 3 aromatic rings. The van der Waals surface area contributed by atoms with Crippen LogP contribution in [0.15, 0.2) is 36.8 Å². The van der Waals surface area contributed by atoms with Crippen molar-refractivity contribution in [3.05, 3.63) is 47.9 Å². The number of aryl methyl sites for hydroxylation is 1. The number of rotatable bonds is 4. The largest absolute Gasteiger partial charge is 0.375 e. The Hall–Kier alpha value is -2.29. The number of nitrogens with one attached hydrogen (secondary N) is 1. The number of pyridine rings is 1. The van der Waals surface area contributed by atoms with E-state index in [9.17, 15) is 8.42 Å². The van der Waals surface area contributed by atoms with Crippen LogP contribution in [0.2, 0.25) is 0 Å². The molecule has 0 bridgehead atoms. The molecule has 3 heterocycles. The second-order valence-corrected chi connectivity index (χ2v) is 8.43. The standard InChI is InChI=1S/C18H20N4O3S/c1-3-26(23,24)21-17-11-25-10-16-14(8-19-9-15(16)17)12-4-5-13-7-20-22(2)18(13)6-12/h4-9,17,21H,3,10-11H2,1-2H3. The third kappa shape index (κ3) is 3.00. The second-order valence-electron chi connectivity index (χ2n) is 6.39. The van der Waals surface area contributed by atoms with Crippen LogP contribution in [0.25, 0.3) is 22.0 Å². The Labute approximate surface area is 152 Å². The molecule has 2 aromatic heterocycles. The van der Waals surface area contributed by atoms with Crippen LogP contribution in [0.5, 0.6) is 0 Å². The van der Waals surface area contributed by atoms with Gasteiger partial charge < -0.3 is 4.74 Å². The van der Waals surface area contributed by atoms with Gasteiger partial charge in [-0.05, 0) is 29.7 Å². The van der Waals surface area contributed by atoms with Gasteiger partial charge in [0.05, 0.1) is 36.7 Å². The number of hydrogen-bond acceptors (Lipinski definition) is 5. The summed E-state index contributed by atoms with van der Waals surface area (Å²) < 4.78 is 34.2. The first-order chi connectivity index (χ1) is 12.5. The first-order valence-electron chi connectivity index (χ1n) is 8.45. The van der Waals surface area contributed by atoms with Gasteiger partial charge >= 0.3 is 0 Å². The van der Waals surface area contributed by atoms with Gasteiger partial charge in [0.1, 0.15) is 0 Å². The summed E-state index contributed by atoms with van der Waals surface area (Å²) in [5.74, 6) is 0.0309. The molecule has 7 nitrogen and oxygen atoms in total. The Morgan fingerprint density at radius 2 is 2.15 bits per heavy atom. The third-order valence-electron chi connectivity index (χ3n) is 4.76. The summed E-state index contributed by atoms with van der Waals surface area (Å²) in [7, 11) is -1.43. The summed E-state index contributed by atoms with van der Waals surface area (Å²) in [6.07, 6.45) is 5.36. The summed E-state index contributed by atoms with van der Waals surface area (Å²) in [5.41, 5.74) is 4.83. The van der Waals surface area contributed by atoms with Crippen LogP contribution in [-0.4, -0.2) is 35.5 Å². The van der Waals surface area contributed by atoms with E-state index in [0.29, 0.717) is 13.2 Å². The van der Waals surface area contributed by atoms with Gasteiger partial charge in [-0.25, -0.2) is 13.1 Å². The van der Waals surface area contributed by atoms with Crippen LogP contribution < -0.4 is 4.72 Å². The maximum Gasteiger partial charge on any atom is 0.211 e. The normalized spacial score (nSPS) is 17.4. The van der Waals surface area contributed by atoms with Crippen LogP contribution in [0.1, 0.15) is 24.1 Å². The van der Waals surface area contributed by atoms with Crippen LogP contribution in [0.3, 0.4) is 0 Å². The zero-order valence-corrected chi connectivity index (χ0v) is 15.5. The average Bonchev–Trinajstić information content (AvgIpc) is 3.02. The molecule has 0 saturated carbocycles. The SMILES string of the molecule is CCS(=O)(=O)NC1COCc2c(-c3ccc4cnn(C)c4c3)cncc21. The number of benzene rings is 1. The highest BCUT2D eigenvalue weighted by Crippen LogP contribution is 2.34. The van der Waals surface area contributed by atoms with Gasteiger partial charge in [0, 0.05) is 30.4 Å². The Morgan fingerprint density at radius 3 is 2.96 bits per heavy atom. The van der Waals surface area contributed by atoms with Crippen molar-refractivity contribution in [2.45, 2.75) is 19.6 Å². The van der Waals surface area contributed by atoms with Crippen molar-refractivity contribution in [3.8, 4) is 11.1 Å². The van der Waals surface area contributed by atoms with Gasteiger partial charge in [0.2, 0.25) is 10.0 Å². The average molecular weight is 372 g/mol. The van der Waals surface area contributed by atoms with E-state index in [-0.39, 0.29) is 5.75 Å². The molecule has 0 fully saturated rings. The van der Waals surface area contributed by atoms with Gasteiger partial charge in [-0.3, -0.25) is 9.67 Å². The van der Waals surface area contributed by atoms with E-state index >= 15 is 0 Å². The van der Waals surface area contributed by atoms with Crippen molar-refractivity contribution < 1.29 is 13.2 Å². The lowest BCUT2D eigenvalue weighted by atomic mass is 9.93. The van der Waals surface area contributed by atoms with E-state index in [2.05, 4.69) is 20.9 Å². The van der Waals surface area contributed by atoms with Crippen molar-refractivity contribution in [3.63, 3.8) is 0 Å². The molecular formula is C18H20N4O3S. The predicted molar refractivity (Wildman–Crippen MR) is 98.9 cm³/mol. The summed E-state index contributed by atoms with van der Waals surface area (Å²) >= 11 is 0. The lowest BCUT2D eigenvalue weighted by Gasteiger charge is -2.27. The van der Waals surface area contributed by atoms with Crippen molar-refractivity contribution in [2.24, 2.45) is 7.05 Å². The molecule has 0 amide bonds. The van der Waals surface area contributed by atoms with Gasteiger partial charge in [0.25, 0.3) is 0 Å². The quantitative estimate of drug-likeness (QED) is 0.758. The number of hydrogen-bond donors (Lipinski definition) is 1. The molecule has 0 aliphatic carbocycles. The highest BCUT2D eigenvalue weighted by atomic mass is 32.2. The number of fused-ring (bicyclic) bond motifs is 2. The number of ether oxygens (including phenoxy) is 1. The third-order valence-corrected chi connectivity index (χ3v) is 6.16.